The largest absolute Gasteiger partial charge is 0.382 e. The fourth-order valence-corrected chi connectivity index (χ4v) is 5.26. The van der Waals surface area contributed by atoms with Gasteiger partial charge in [0, 0.05) is 23.1 Å². The fraction of sp³-hybridized carbons (Fsp3) is 0.280. The van der Waals surface area contributed by atoms with Crippen molar-refractivity contribution in [1.82, 2.24) is 20.2 Å². The highest BCUT2D eigenvalue weighted by Crippen LogP contribution is 2.25. The van der Waals surface area contributed by atoms with Gasteiger partial charge < -0.3 is 15.2 Å². The zero-order chi connectivity index (χ0) is 21.2. The minimum atomic E-state index is 0.0624. The minimum absolute atomic E-state index is 0.0624. The molecule has 0 saturated heterocycles. The van der Waals surface area contributed by atoms with E-state index in [1.54, 1.807) is 11.3 Å². The first-order chi connectivity index (χ1) is 15.2. The predicted molar refractivity (Wildman–Crippen MR) is 127 cm³/mol. The molecule has 1 atom stereocenters. The van der Waals surface area contributed by atoms with Crippen molar-refractivity contribution >= 4 is 38.4 Å². The summed E-state index contributed by atoms with van der Waals surface area (Å²) in [5.74, 6) is 0.0624. The molecule has 0 fully saturated rings. The number of allylic oxidation sites excluding steroid dienone is 1. The lowest BCUT2D eigenvalue weighted by atomic mass is 9.98. The number of rotatable bonds is 6. The number of para-hydroxylation sites is 2. The first-order valence-electron chi connectivity index (χ1n) is 10.9. The highest BCUT2D eigenvalue weighted by Gasteiger charge is 2.25. The van der Waals surface area contributed by atoms with E-state index in [9.17, 15) is 4.79 Å². The summed E-state index contributed by atoms with van der Waals surface area (Å²) in [5.41, 5.74) is 3.92. The van der Waals surface area contributed by atoms with Crippen LogP contribution >= 0.6 is 11.3 Å². The summed E-state index contributed by atoms with van der Waals surface area (Å²) in [7, 11) is 0. The van der Waals surface area contributed by atoms with E-state index in [1.807, 2.05) is 41.3 Å². The third kappa shape index (κ3) is 4.08. The van der Waals surface area contributed by atoms with E-state index in [4.69, 9.17) is 4.98 Å². The summed E-state index contributed by atoms with van der Waals surface area (Å²) in [6.07, 6.45) is 5.31. The summed E-state index contributed by atoms with van der Waals surface area (Å²) in [4.78, 5) is 23.2. The van der Waals surface area contributed by atoms with Crippen LogP contribution in [-0.2, 0) is 6.54 Å². The number of amides is 1. The van der Waals surface area contributed by atoms with Crippen molar-refractivity contribution in [3.63, 3.8) is 0 Å². The van der Waals surface area contributed by atoms with Crippen molar-refractivity contribution in [3.05, 3.63) is 77.1 Å². The molecule has 0 saturated carbocycles. The van der Waals surface area contributed by atoms with Crippen molar-refractivity contribution in [1.29, 1.82) is 0 Å². The van der Waals surface area contributed by atoms with Crippen LogP contribution in [0.3, 0.4) is 0 Å². The third-order valence-corrected chi connectivity index (χ3v) is 6.94. The molecule has 6 heteroatoms. The molecular weight excluding hydrogens is 404 g/mol. The van der Waals surface area contributed by atoms with E-state index < -0.39 is 0 Å². The van der Waals surface area contributed by atoms with E-state index in [0.29, 0.717) is 12.2 Å². The van der Waals surface area contributed by atoms with Crippen molar-refractivity contribution in [2.75, 3.05) is 6.54 Å². The lowest BCUT2D eigenvalue weighted by Crippen LogP contribution is -2.41. The van der Waals surface area contributed by atoms with Gasteiger partial charge in [-0.15, -0.1) is 11.3 Å². The molecule has 1 amide bonds. The molecule has 5 nitrogen and oxygen atoms in total. The molecule has 2 heterocycles. The SMILES string of the molecule is CCN(C(=O)c1cc2ccccc2[nH]1)[C@@H]1C=C(NCc2nc3ccccc3s2)CCC1. The number of thiazole rings is 1. The average Bonchev–Trinajstić information content (AvgIpc) is 3.42. The first-order valence-corrected chi connectivity index (χ1v) is 11.7. The highest BCUT2D eigenvalue weighted by atomic mass is 32.1. The number of hydrogen-bond donors (Lipinski definition) is 2. The molecule has 1 aliphatic rings. The number of nitrogens with one attached hydrogen (secondary N) is 2. The minimum Gasteiger partial charge on any atom is -0.382 e. The van der Waals surface area contributed by atoms with Crippen molar-refractivity contribution < 1.29 is 4.79 Å². The second-order valence-corrected chi connectivity index (χ2v) is 9.06. The Hall–Kier alpha value is -3.12. The summed E-state index contributed by atoms with van der Waals surface area (Å²) < 4.78 is 1.22. The Labute approximate surface area is 185 Å². The van der Waals surface area contributed by atoms with E-state index in [2.05, 4.69) is 41.5 Å². The molecule has 0 unspecified atom stereocenters. The molecular formula is C25H26N4OS. The smallest absolute Gasteiger partial charge is 0.270 e. The molecule has 0 radical (unpaired) electrons. The fourth-order valence-electron chi connectivity index (χ4n) is 4.35. The van der Waals surface area contributed by atoms with Crippen molar-refractivity contribution in [3.8, 4) is 0 Å². The Morgan fingerprint density at radius 3 is 2.90 bits per heavy atom. The van der Waals surface area contributed by atoms with Gasteiger partial charge in [0.25, 0.3) is 5.91 Å². The molecule has 4 aromatic rings. The van der Waals surface area contributed by atoms with E-state index >= 15 is 0 Å². The van der Waals surface area contributed by atoms with Crippen LogP contribution in [0.1, 0.15) is 41.7 Å². The molecule has 31 heavy (non-hydrogen) atoms. The van der Waals surface area contributed by atoms with Gasteiger partial charge >= 0.3 is 0 Å². The normalized spacial score (nSPS) is 16.4. The van der Waals surface area contributed by atoms with E-state index in [0.717, 1.165) is 47.2 Å². The number of aromatic nitrogens is 2. The van der Waals surface area contributed by atoms with Gasteiger partial charge in [-0.05, 0) is 56.5 Å². The predicted octanol–water partition coefficient (Wildman–Crippen LogP) is 5.47. The van der Waals surface area contributed by atoms with Gasteiger partial charge in [-0.25, -0.2) is 4.98 Å². The van der Waals surface area contributed by atoms with Gasteiger partial charge in [-0.3, -0.25) is 4.79 Å². The molecule has 5 rings (SSSR count). The number of nitrogens with zero attached hydrogens (tertiary/aromatic N) is 2. The van der Waals surface area contributed by atoms with Gasteiger partial charge in [0.15, 0.2) is 0 Å². The third-order valence-electron chi connectivity index (χ3n) is 5.91. The van der Waals surface area contributed by atoms with E-state index in [1.165, 1.54) is 10.4 Å². The Balaban J connectivity index is 1.30. The van der Waals surface area contributed by atoms with Crippen LogP contribution in [0, 0.1) is 0 Å². The van der Waals surface area contributed by atoms with Gasteiger partial charge in [0.1, 0.15) is 10.7 Å². The van der Waals surface area contributed by atoms with Gasteiger partial charge in [0.05, 0.1) is 22.8 Å². The molecule has 0 spiro atoms. The maximum Gasteiger partial charge on any atom is 0.270 e. The summed E-state index contributed by atoms with van der Waals surface area (Å²) in [6.45, 7) is 3.46. The summed E-state index contributed by atoms with van der Waals surface area (Å²) >= 11 is 1.73. The number of aromatic amines is 1. The summed E-state index contributed by atoms with van der Waals surface area (Å²) in [6, 6.07) is 18.3. The number of hydrogen-bond acceptors (Lipinski definition) is 4. The lowest BCUT2D eigenvalue weighted by molar-refractivity contribution is 0.0706. The molecule has 0 aliphatic heterocycles. The maximum absolute atomic E-state index is 13.3. The first kappa shape index (κ1) is 19.8. The molecule has 158 valence electrons. The van der Waals surface area contributed by atoms with Crippen molar-refractivity contribution in [2.24, 2.45) is 0 Å². The van der Waals surface area contributed by atoms with Crippen LogP contribution in [0.15, 0.2) is 66.4 Å². The van der Waals surface area contributed by atoms with E-state index in [-0.39, 0.29) is 11.9 Å². The summed E-state index contributed by atoms with van der Waals surface area (Å²) in [5, 5.41) is 5.73. The zero-order valence-corrected chi connectivity index (χ0v) is 18.4. The highest BCUT2D eigenvalue weighted by molar-refractivity contribution is 7.18. The van der Waals surface area contributed by atoms with Crippen LogP contribution in [0.2, 0.25) is 0 Å². The molecule has 2 aromatic heterocycles. The topological polar surface area (TPSA) is 61.0 Å². The van der Waals surface area contributed by atoms with Crippen LogP contribution in [-0.4, -0.2) is 33.4 Å². The quantitative estimate of drug-likeness (QED) is 0.427. The second-order valence-electron chi connectivity index (χ2n) is 7.94. The number of benzene rings is 2. The van der Waals surface area contributed by atoms with Gasteiger partial charge in [0.2, 0.25) is 0 Å². The molecule has 1 aliphatic carbocycles. The zero-order valence-electron chi connectivity index (χ0n) is 17.6. The van der Waals surface area contributed by atoms with Gasteiger partial charge in [-0.2, -0.15) is 0 Å². The maximum atomic E-state index is 13.3. The molecule has 2 aromatic carbocycles. The average molecular weight is 431 g/mol. The Kier molecular flexibility index (Phi) is 5.47. The Morgan fingerprint density at radius 1 is 1.23 bits per heavy atom. The number of carbonyl (C=O) groups is 1. The standard InChI is InChI=1S/C25H26N4OS/c1-2-29(25(30)22-14-17-8-3-4-11-20(17)27-22)19-10-7-9-18(15-19)26-16-24-28-21-12-5-6-13-23(21)31-24/h3-6,8,11-15,19,26-27H,2,7,9-10,16H2,1H3/t19-/m0/s1. The van der Waals surface area contributed by atoms with Crippen LogP contribution in [0.5, 0.6) is 0 Å². The Bertz CT molecular complexity index is 1190. The Morgan fingerprint density at radius 2 is 2.06 bits per heavy atom. The second kappa shape index (κ2) is 8.55. The lowest BCUT2D eigenvalue weighted by Gasteiger charge is -2.32. The number of fused-ring (bicyclic) bond motifs is 2. The molecule has 2 N–H and O–H groups in total. The van der Waals surface area contributed by atoms with Crippen LogP contribution < -0.4 is 5.32 Å². The van der Waals surface area contributed by atoms with Crippen molar-refractivity contribution in [2.45, 2.75) is 38.8 Å². The number of H-pyrrole nitrogens is 1. The molecule has 0 bridgehead atoms. The van der Waals surface area contributed by atoms with Crippen LogP contribution in [0.25, 0.3) is 21.1 Å². The van der Waals surface area contributed by atoms with Gasteiger partial charge in [-0.1, -0.05) is 30.3 Å². The number of likely N-dealkylation sites (N-methyl/N-ethyl adjacent to an activating group) is 1. The van der Waals surface area contributed by atoms with Crippen LogP contribution in [0.4, 0.5) is 0 Å². The monoisotopic (exact) mass is 430 g/mol. The number of carbonyl (C=O) groups excluding carboxylic acids is 1.